The van der Waals surface area contributed by atoms with Crippen LogP contribution < -0.4 is 0 Å². The molecule has 0 saturated carbocycles. The quantitative estimate of drug-likeness (QED) is 0.322. The Balaban J connectivity index is 1.82. The van der Waals surface area contributed by atoms with Gasteiger partial charge >= 0.3 is 118 Å². The molecule has 0 aromatic carbocycles. The van der Waals surface area contributed by atoms with Crippen LogP contribution in [0.2, 0.25) is 0 Å². The molecule has 20 heavy (non-hydrogen) atoms. The molecule has 0 N–H and O–H groups in total. The minimum absolute atomic E-state index is 1.35. The van der Waals surface area contributed by atoms with E-state index in [9.17, 15) is 28.8 Å². The number of carbonyl (C=O) groups is 6. The first kappa shape index (κ1) is 14.3. The van der Waals surface area contributed by atoms with E-state index in [1.54, 1.807) is 0 Å². The number of hydrogen-bond acceptors (Lipinski definition) is 12. The predicted octanol–water partition coefficient (Wildman–Crippen LogP) is -3.76. The Morgan fingerprint density at radius 2 is 0.900 bits per heavy atom. The van der Waals surface area contributed by atoms with Gasteiger partial charge in [0.2, 0.25) is 0 Å². The second kappa shape index (κ2) is 5.51. The summed E-state index contributed by atoms with van der Waals surface area (Å²) in [4.78, 5) is 64.8. The average Bonchev–Trinajstić information content (AvgIpc) is 2.83. The first-order valence-electron chi connectivity index (χ1n) is 4.29. The van der Waals surface area contributed by atoms with Gasteiger partial charge in [0.1, 0.15) is 0 Å². The predicted molar refractivity (Wildman–Crippen MR) is 48.1 cm³/mol. The molecule has 12 nitrogen and oxygen atoms in total. The van der Waals surface area contributed by atoms with Gasteiger partial charge in [-0.15, -0.1) is 0 Å². The summed E-state index contributed by atoms with van der Waals surface area (Å²) in [5.74, 6) is -8.69. The molecule has 0 bridgehead atoms. The van der Waals surface area contributed by atoms with Gasteiger partial charge in [0.05, 0.1) is 0 Å². The normalized spacial score (nSPS) is 19.0. The first-order chi connectivity index (χ1) is 9.36. The summed E-state index contributed by atoms with van der Waals surface area (Å²) in [6, 6.07) is 0. The average molecular weight is 414 g/mol. The molecule has 0 amide bonds. The third-order valence-electron chi connectivity index (χ3n) is 1.44. The van der Waals surface area contributed by atoms with Gasteiger partial charge in [0.25, 0.3) is 0 Å². The number of carbonyl (C=O) groups excluding carboxylic acids is 6. The van der Waals surface area contributed by atoms with Crippen molar-refractivity contribution in [1.29, 1.82) is 0 Å². The van der Waals surface area contributed by atoms with Gasteiger partial charge in [-0.2, -0.15) is 0 Å². The summed E-state index contributed by atoms with van der Waals surface area (Å²) in [5.41, 5.74) is 0. The van der Waals surface area contributed by atoms with Crippen molar-refractivity contribution in [3.8, 4) is 0 Å². The van der Waals surface area contributed by atoms with E-state index in [-0.39, 0.29) is 0 Å². The van der Waals surface area contributed by atoms with E-state index >= 15 is 0 Å². The molecule has 2 fully saturated rings. The van der Waals surface area contributed by atoms with Gasteiger partial charge in [0, 0.05) is 0 Å². The molecule has 106 valence electrons. The van der Waals surface area contributed by atoms with Gasteiger partial charge in [-0.05, 0) is 0 Å². The topological polar surface area (TPSA) is 158 Å². The van der Waals surface area contributed by atoms with Gasteiger partial charge in [0.15, 0.2) is 0 Å². The molecular weight excluding hydrogens is 414 g/mol. The van der Waals surface area contributed by atoms with Crippen LogP contribution in [0.1, 0.15) is 0 Å². The molecule has 2 rings (SSSR count). The Morgan fingerprint density at radius 1 is 0.650 bits per heavy atom. The summed E-state index contributed by atoms with van der Waals surface area (Å²) in [6.45, 7) is 0. The van der Waals surface area contributed by atoms with Crippen molar-refractivity contribution >= 4 is 67.2 Å². The molecule has 0 atom stereocenters. The van der Waals surface area contributed by atoms with Crippen LogP contribution in [0, 0.1) is 0 Å². The van der Waals surface area contributed by atoms with Crippen LogP contribution in [0.5, 0.6) is 0 Å². The van der Waals surface area contributed by atoms with Crippen LogP contribution in [-0.4, -0.2) is 67.2 Å². The van der Waals surface area contributed by atoms with Crippen molar-refractivity contribution < 1.29 is 51.1 Å². The second-order valence-corrected chi connectivity index (χ2v) is 6.89. The van der Waals surface area contributed by atoms with Crippen LogP contribution in [0.3, 0.4) is 0 Å². The summed E-state index contributed by atoms with van der Waals surface area (Å²) in [6.07, 6.45) is 0. The zero-order chi connectivity index (χ0) is 14.9. The molecule has 0 aliphatic carbocycles. The van der Waals surface area contributed by atoms with Crippen molar-refractivity contribution in [3.05, 3.63) is 0 Å². The van der Waals surface area contributed by atoms with E-state index in [0.717, 1.165) is 0 Å². The minimum atomic E-state index is -3.50. The van der Waals surface area contributed by atoms with Gasteiger partial charge in [-0.1, -0.05) is 0 Å². The van der Waals surface area contributed by atoms with Crippen molar-refractivity contribution in [2.75, 3.05) is 0 Å². The van der Waals surface area contributed by atoms with Crippen LogP contribution in [0.15, 0.2) is 0 Å². The summed E-state index contributed by atoms with van der Waals surface area (Å²) in [7, 11) is 0. The van der Waals surface area contributed by atoms with Crippen molar-refractivity contribution in [1.82, 2.24) is 0 Å². The van der Waals surface area contributed by atoms with E-state index in [0.29, 0.717) is 0 Å². The SMILES string of the molecule is O=C1O[As](OC(=O)C(=O)O[As]2OC(=O)C(=O)O2)OC1=O. The molecule has 0 spiro atoms. The van der Waals surface area contributed by atoms with E-state index in [1.807, 2.05) is 0 Å². The summed E-state index contributed by atoms with van der Waals surface area (Å²) in [5, 5.41) is 0. The Labute approximate surface area is 118 Å². The Morgan fingerprint density at radius 3 is 1.15 bits per heavy atom. The zero-order valence-electron chi connectivity index (χ0n) is 8.79. The Bertz CT molecular complexity index is 458. The fraction of sp³-hybridized carbons (Fsp3) is 0. The zero-order valence-corrected chi connectivity index (χ0v) is 12.5. The Hall–Kier alpha value is -2.06. The molecule has 0 aromatic rings. The third-order valence-corrected chi connectivity index (χ3v) is 5.41. The van der Waals surface area contributed by atoms with Gasteiger partial charge in [-0.25, -0.2) is 0 Å². The molecule has 2 saturated heterocycles. The van der Waals surface area contributed by atoms with Crippen molar-refractivity contribution in [3.63, 3.8) is 0 Å². The summed E-state index contributed by atoms with van der Waals surface area (Å²) >= 11 is -7.00. The molecule has 0 radical (unpaired) electrons. The molecule has 0 unspecified atom stereocenters. The third kappa shape index (κ3) is 3.09. The van der Waals surface area contributed by atoms with Crippen LogP contribution in [0.25, 0.3) is 0 Å². The van der Waals surface area contributed by atoms with E-state index in [1.165, 1.54) is 0 Å². The second-order valence-electron chi connectivity index (χ2n) is 2.72. The molecule has 0 aromatic heterocycles. The molecule has 2 aliphatic rings. The van der Waals surface area contributed by atoms with Gasteiger partial charge in [-0.3, -0.25) is 0 Å². The fourth-order valence-corrected chi connectivity index (χ4v) is 3.85. The Kier molecular flexibility index (Phi) is 3.95. The van der Waals surface area contributed by atoms with E-state index in [2.05, 4.69) is 22.4 Å². The maximum absolute atomic E-state index is 11.2. The number of hydrogen-bond donors (Lipinski definition) is 0. The van der Waals surface area contributed by atoms with E-state index in [4.69, 9.17) is 0 Å². The fourth-order valence-electron chi connectivity index (χ4n) is 0.742. The molecule has 2 heterocycles. The number of rotatable bonds is 2. The van der Waals surface area contributed by atoms with Crippen LogP contribution in [0.4, 0.5) is 0 Å². The van der Waals surface area contributed by atoms with Gasteiger partial charge < -0.3 is 0 Å². The van der Waals surface area contributed by atoms with Crippen LogP contribution >= 0.6 is 0 Å². The maximum atomic E-state index is 11.2. The first-order valence-corrected chi connectivity index (χ1v) is 8.89. The molecule has 2 aliphatic heterocycles. The summed E-state index contributed by atoms with van der Waals surface area (Å²) < 4.78 is 25.4. The van der Waals surface area contributed by atoms with E-state index < -0.39 is 67.2 Å². The van der Waals surface area contributed by atoms with Crippen molar-refractivity contribution in [2.24, 2.45) is 0 Å². The van der Waals surface area contributed by atoms with Crippen molar-refractivity contribution in [2.45, 2.75) is 0 Å². The van der Waals surface area contributed by atoms with Crippen LogP contribution in [-0.2, 0) is 51.1 Å². The monoisotopic (exact) mass is 414 g/mol. The molecular formula is C6As2O12. The standard InChI is InChI=1S/C6As2O12/c9-1-2(10)16-7(15-1)19-5(13)6(14)20-8-17-3(11)4(12)18-8. The molecule has 14 heteroatoms.